The second-order valence-corrected chi connectivity index (χ2v) is 9.49. The zero-order valence-corrected chi connectivity index (χ0v) is 19.7. The Kier molecular flexibility index (Phi) is 7.41. The number of benzene rings is 1. The predicted molar refractivity (Wildman–Crippen MR) is 128 cm³/mol. The molecule has 3 rings (SSSR count). The van der Waals surface area contributed by atoms with Gasteiger partial charge >= 0.3 is 0 Å². The molecular formula is C24H34F2N6O. The Morgan fingerprint density at radius 1 is 1.27 bits per heavy atom. The van der Waals surface area contributed by atoms with Gasteiger partial charge in [0, 0.05) is 24.4 Å². The van der Waals surface area contributed by atoms with Crippen molar-refractivity contribution >= 4 is 23.7 Å². The summed E-state index contributed by atoms with van der Waals surface area (Å²) in [5.74, 6) is 0.265. The van der Waals surface area contributed by atoms with Crippen LogP contribution < -0.4 is 16.0 Å². The third kappa shape index (κ3) is 5.90. The minimum Gasteiger partial charge on any atom is -0.390 e. The standard InChI is InChI=1S/C24H34F2N6O/c1-14(2)28-15(3)29-22-21(13-27)31-23(30-20-11-8-17(25)12-19(20)26)32(22)18-9-6-16(7-10-18)24(4,5)33/h8,11-14,16,18,27-29,33H,3,6-7,9-10H2,1-2,4-5H3,(H,30,31). The molecule has 0 bridgehead atoms. The third-order valence-electron chi connectivity index (χ3n) is 6.05. The molecule has 1 aromatic heterocycles. The Balaban J connectivity index is 1.99. The Morgan fingerprint density at radius 3 is 2.48 bits per heavy atom. The highest BCUT2D eigenvalue weighted by molar-refractivity contribution is 5.84. The van der Waals surface area contributed by atoms with Crippen molar-refractivity contribution in [1.29, 1.82) is 5.41 Å². The van der Waals surface area contributed by atoms with Crippen LogP contribution >= 0.6 is 0 Å². The summed E-state index contributed by atoms with van der Waals surface area (Å²) in [5.41, 5.74) is -0.291. The van der Waals surface area contributed by atoms with Gasteiger partial charge in [0.1, 0.15) is 23.1 Å². The summed E-state index contributed by atoms with van der Waals surface area (Å²) in [6, 6.07) is 3.47. The van der Waals surface area contributed by atoms with E-state index in [1.54, 1.807) is 0 Å². The minimum atomic E-state index is -0.755. The van der Waals surface area contributed by atoms with E-state index in [1.165, 1.54) is 12.1 Å². The first-order chi connectivity index (χ1) is 15.5. The molecule has 0 aliphatic heterocycles. The number of halogens is 2. The molecule has 0 saturated heterocycles. The van der Waals surface area contributed by atoms with Crippen LogP contribution in [-0.2, 0) is 0 Å². The lowest BCUT2D eigenvalue weighted by molar-refractivity contribution is -0.00465. The van der Waals surface area contributed by atoms with E-state index in [9.17, 15) is 13.9 Å². The van der Waals surface area contributed by atoms with E-state index in [2.05, 4.69) is 27.5 Å². The summed E-state index contributed by atoms with van der Waals surface area (Å²) in [5, 5.41) is 27.7. The molecule has 180 valence electrons. The molecule has 7 nitrogen and oxygen atoms in total. The Hall–Kier alpha value is -2.94. The first-order valence-corrected chi connectivity index (χ1v) is 11.3. The van der Waals surface area contributed by atoms with Crippen LogP contribution in [0.1, 0.15) is 65.1 Å². The van der Waals surface area contributed by atoms with Gasteiger partial charge in [-0.2, -0.15) is 0 Å². The van der Waals surface area contributed by atoms with Crippen LogP contribution in [-0.4, -0.2) is 32.5 Å². The van der Waals surface area contributed by atoms with Crippen LogP contribution in [0.5, 0.6) is 0 Å². The summed E-state index contributed by atoms with van der Waals surface area (Å²) in [4.78, 5) is 4.53. The Morgan fingerprint density at radius 2 is 1.94 bits per heavy atom. The van der Waals surface area contributed by atoms with Crippen molar-refractivity contribution < 1.29 is 13.9 Å². The smallest absolute Gasteiger partial charge is 0.209 e. The zero-order valence-electron chi connectivity index (χ0n) is 19.7. The predicted octanol–water partition coefficient (Wildman–Crippen LogP) is 5.29. The summed E-state index contributed by atoms with van der Waals surface area (Å²) in [6.45, 7) is 11.7. The lowest BCUT2D eigenvalue weighted by Gasteiger charge is -2.37. The van der Waals surface area contributed by atoms with E-state index < -0.39 is 17.2 Å². The van der Waals surface area contributed by atoms with Gasteiger partial charge in [-0.1, -0.05) is 6.58 Å². The largest absolute Gasteiger partial charge is 0.390 e. The Bertz CT molecular complexity index is 1000. The van der Waals surface area contributed by atoms with Gasteiger partial charge in [0.05, 0.1) is 17.1 Å². The van der Waals surface area contributed by atoms with Gasteiger partial charge in [-0.25, -0.2) is 13.8 Å². The molecule has 0 spiro atoms. The molecule has 0 atom stereocenters. The zero-order chi connectivity index (χ0) is 24.3. The fourth-order valence-corrected chi connectivity index (χ4v) is 4.40. The van der Waals surface area contributed by atoms with Crippen molar-refractivity contribution in [3.05, 3.63) is 47.9 Å². The molecule has 1 heterocycles. The number of anilines is 3. The molecular weight excluding hydrogens is 426 g/mol. The van der Waals surface area contributed by atoms with Crippen molar-refractivity contribution in [2.75, 3.05) is 10.6 Å². The molecule has 1 aromatic carbocycles. The van der Waals surface area contributed by atoms with Crippen LogP contribution in [0.3, 0.4) is 0 Å². The molecule has 1 fully saturated rings. The van der Waals surface area contributed by atoms with Gasteiger partial charge in [0.25, 0.3) is 0 Å². The average molecular weight is 461 g/mol. The van der Waals surface area contributed by atoms with E-state index in [0.717, 1.165) is 38.0 Å². The number of imidazole rings is 1. The summed E-state index contributed by atoms with van der Waals surface area (Å²) < 4.78 is 29.7. The lowest BCUT2D eigenvalue weighted by Crippen LogP contribution is -2.34. The fraction of sp³-hybridized carbons (Fsp3) is 0.500. The maximum absolute atomic E-state index is 14.4. The van der Waals surface area contributed by atoms with Crippen LogP contribution in [0.15, 0.2) is 30.6 Å². The monoisotopic (exact) mass is 460 g/mol. The molecule has 33 heavy (non-hydrogen) atoms. The van der Waals surface area contributed by atoms with Crippen molar-refractivity contribution in [1.82, 2.24) is 14.9 Å². The number of aliphatic hydroxyl groups is 1. The van der Waals surface area contributed by atoms with E-state index in [1.807, 2.05) is 32.3 Å². The van der Waals surface area contributed by atoms with Crippen molar-refractivity contribution in [3.8, 4) is 0 Å². The second kappa shape index (κ2) is 9.91. The van der Waals surface area contributed by atoms with Crippen molar-refractivity contribution in [2.24, 2.45) is 5.92 Å². The number of aromatic nitrogens is 2. The maximum Gasteiger partial charge on any atom is 0.209 e. The highest BCUT2D eigenvalue weighted by Crippen LogP contribution is 2.41. The first-order valence-electron chi connectivity index (χ1n) is 11.3. The molecule has 1 aliphatic carbocycles. The third-order valence-corrected chi connectivity index (χ3v) is 6.05. The Labute approximate surface area is 193 Å². The molecule has 0 amide bonds. The quantitative estimate of drug-likeness (QED) is 0.328. The molecule has 0 radical (unpaired) electrons. The van der Waals surface area contributed by atoms with Gasteiger partial charge in [-0.05, 0) is 71.4 Å². The average Bonchev–Trinajstić information content (AvgIpc) is 3.05. The summed E-state index contributed by atoms with van der Waals surface area (Å²) >= 11 is 0. The second-order valence-electron chi connectivity index (χ2n) is 9.49. The van der Waals surface area contributed by atoms with E-state index in [0.29, 0.717) is 23.3 Å². The molecule has 5 N–H and O–H groups in total. The highest BCUT2D eigenvalue weighted by atomic mass is 19.1. The maximum atomic E-state index is 14.4. The topological polar surface area (TPSA) is 98.0 Å². The van der Waals surface area contributed by atoms with E-state index >= 15 is 0 Å². The van der Waals surface area contributed by atoms with Gasteiger partial charge in [-0.15, -0.1) is 0 Å². The van der Waals surface area contributed by atoms with Gasteiger partial charge in [-0.3, -0.25) is 4.57 Å². The SMILES string of the molecule is C=C(Nc1c(C=N)nc(Nc2ccc(F)cc2F)n1C1CCC(C(C)(C)O)CC1)NC(C)C. The molecule has 9 heteroatoms. The van der Waals surface area contributed by atoms with Gasteiger partial charge in [0.2, 0.25) is 5.95 Å². The van der Waals surface area contributed by atoms with Crippen LogP contribution in [0.4, 0.5) is 26.2 Å². The molecule has 0 unspecified atom stereocenters. The number of hydrogen-bond donors (Lipinski definition) is 5. The number of hydrogen-bond acceptors (Lipinski definition) is 6. The molecule has 2 aromatic rings. The first kappa shape index (κ1) is 24.7. The highest BCUT2D eigenvalue weighted by Gasteiger charge is 2.34. The van der Waals surface area contributed by atoms with Crippen molar-refractivity contribution in [2.45, 2.75) is 71.1 Å². The van der Waals surface area contributed by atoms with Gasteiger partial charge in [0.15, 0.2) is 0 Å². The van der Waals surface area contributed by atoms with Crippen LogP contribution in [0, 0.1) is 23.0 Å². The number of rotatable bonds is 9. The van der Waals surface area contributed by atoms with Crippen LogP contribution in [0.2, 0.25) is 0 Å². The summed E-state index contributed by atoms with van der Waals surface area (Å²) in [7, 11) is 0. The lowest BCUT2D eigenvalue weighted by atomic mass is 9.77. The van der Waals surface area contributed by atoms with Crippen molar-refractivity contribution in [3.63, 3.8) is 0 Å². The molecule has 1 saturated carbocycles. The number of nitrogens with one attached hydrogen (secondary N) is 4. The minimum absolute atomic E-state index is 0.00478. The van der Waals surface area contributed by atoms with E-state index in [4.69, 9.17) is 5.41 Å². The van der Waals surface area contributed by atoms with Crippen LogP contribution in [0.25, 0.3) is 0 Å². The van der Waals surface area contributed by atoms with E-state index in [-0.39, 0.29) is 23.7 Å². The molecule has 1 aliphatic rings. The summed E-state index contributed by atoms with van der Waals surface area (Å²) in [6.07, 6.45) is 4.34. The van der Waals surface area contributed by atoms with Gasteiger partial charge < -0.3 is 26.5 Å². The fourth-order valence-electron chi connectivity index (χ4n) is 4.40. The normalized spacial score (nSPS) is 18.8. The number of nitrogens with zero attached hydrogens (tertiary/aromatic N) is 2.